The van der Waals surface area contributed by atoms with Gasteiger partial charge in [-0.2, -0.15) is 0 Å². The van der Waals surface area contributed by atoms with Crippen LogP contribution in [-0.2, 0) is 19.3 Å². The average Bonchev–Trinajstić information content (AvgIpc) is 2.71. The number of phenols is 1. The number of phenolic OH excluding ortho intramolecular Hbond substituents is 1. The van der Waals surface area contributed by atoms with Crippen molar-refractivity contribution >= 4 is 6.16 Å². The van der Waals surface area contributed by atoms with Gasteiger partial charge in [0.2, 0.25) is 5.75 Å². The molecule has 0 aliphatic rings. The highest BCUT2D eigenvalue weighted by molar-refractivity contribution is 5.70. The molecule has 0 saturated carbocycles. The van der Waals surface area contributed by atoms with E-state index in [1.165, 1.54) is 32.1 Å². The molecule has 5 heteroatoms. The third-order valence-electron chi connectivity index (χ3n) is 5.39. The van der Waals surface area contributed by atoms with Crippen LogP contribution >= 0.6 is 0 Å². The highest BCUT2D eigenvalue weighted by Gasteiger charge is 2.26. The number of hydrogen-bond donors (Lipinski definition) is 2. The predicted octanol–water partition coefficient (Wildman–Crippen LogP) is 7.44. The number of unbranched alkanes of at least 4 members (excludes halogenated alkanes) is 6. The molecule has 30 heavy (non-hydrogen) atoms. The normalized spacial score (nSPS) is 10.9. The average molecular weight is 423 g/mol. The smallest absolute Gasteiger partial charge is 0.504 e. The van der Waals surface area contributed by atoms with Crippen molar-refractivity contribution in [3.63, 3.8) is 0 Å². The van der Waals surface area contributed by atoms with E-state index in [9.17, 15) is 15.0 Å². The lowest BCUT2D eigenvalue weighted by Crippen LogP contribution is -2.12. The van der Waals surface area contributed by atoms with Gasteiger partial charge in [-0.05, 0) is 31.2 Å². The van der Waals surface area contributed by atoms with Crippen LogP contribution in [0.25, 0.3) is 0 Å². The second kappa shape index (κ2) is 15.0. The third-order valence-corrected chi connectivity index (χ3v) is 5.39. The van der Waals surface area contributed by atoms with Crippen LogP contribution in [0.5, 0.6) is 17.2 Å². The molecule has 0 heterocycles. The first-order valence-electron chi connectivity index (χ1n) is 11.9. The molecule has 0 aliphatic heterocycles. The number of rotatable bonds is 16. The summed E-state index contributed by atoms with van der Waals surface area (Å²) < 4.78 is 11.1. The predicted molar refractivity (Wildman–Crippen MR) is 122 cm³/mol. The van der Waals surface area contributed by atoms with Crippen LogP contribution in [0.2, 0.25) is 0 Å². The molecule has 2 N–H and O–H groups in total. The molecule has 1 rings (SSSR count). The highest BCUT2D eigenvalue weighted by Crippen LogP contribution is 2.46. The number of carbonyl (C=O) groups is 1. The monoisotopic (exact) mass is 422 g/mol. The molecule has 5 nitrogen and oxygen atoms in total. The number of carboxylic acid groups (broad SMARTS) is 1. The summed E-state index contributed by atoms with van der Waals surface area (Å²) in [4.78, 5) is 11.3. The van der Waals surface area contributed by atoms with Crippen molar-refractivity contribution in [3.8, 4) is 17.2 Å². The molecule has 1 aromatic rings. The fraction of sp³-hybridized carbons (Fsp3) is 0.720. The zero-order valence-electron chi connectivity index (χ0n) is 19.5. The van der Waals surface area contributed by atoms with E-state index in [-0.39, 0.29) is 11.5 Å². The minimum Gasteiger partial charge on any atom is -0.504 e. The fourth-order valence-corrected chi connectivity index (χ4v) is 4.00. The van der Waals surface area contributed by atoms with Gasteiger partial charge in [-0.3, -0.25) is 0 Å². The van der Waals surface area contributed by atoms with Gasteiger partial charge in [0.05, 0.1) is 6.61 Å². The number of hydrogen-bond acceptors (Lipinski definition) is 4. The molecule has 0 fully saturated rings. The third kappa shape index (κ3) is 8.08. The molecule has 0 amide bonds. The van der Waals surface area contributed by atoms with Gasteiger partial charge in [0, 0.05) is 11.1 Å². The van der Waals surface area contributed by atoms with Crippen LogP contribution in [0.1, 0.15) is 109 Å². The van der Waals surface area contributed by atoms with Crippen molar-refractivity contribution < 1.29 is 24.5 Å². The summed E-state index contributed by atoms with van der Waals surface area (Å²) in [5, 5.41) is 20.2. The fourth-order valence-electron chi connectivity index (χ4n) is 4.00. The Labute approximate surface area is 182 Å². The first-order valence-corrected chi connectivity index (χ1v) is 11.9. The van der Waals surface area contributed by atoms with Crippen molar-refractivity contribution in [1.29, 1.82) is 0 Å². The van der Waals surface area contributed by atoms with Gasteiger partial charge in [-0.25, -0.2) is 4.79 Å². The Morgan fingerprint density at radius 3 is 1.80 bits per heavy atom. The summed E-state index contributed by atoms with van der Waals surface area (Å²) in [7, 11) is 0. The van der Waals surface area contributed by atoms with Crippen molar-refractivity contribution in [3.05, 3.63) is 16.7 Å². The topological polar surface area (TPSA) is 76.0 Å². The van der Waals surface area contributed by atoms with Crippen LogP contribution < -0.4 is 9.47 Å². The molecule has 1 aromatic carbocycles. The van der Waals surface area contributed by atoms with Crippen molar-refractivity contribution in [1.82, 2.24) is 0 Å². The van der Waals surface area contributed by atoms with Gasteiger partial charge in [-0.15, -0.1) is 0 Å². The van der Waals surface area contributed by atoms with Crippen LogP contribution in [-0.4, -0.2) is 23.0 Å². The summed E-state index contributed by atoms with van der Waals surface area (Å²) >= 11 is 0. The van der Waals surface area contributed by atoms with Gasteiger partial charge in [0.15, 0.2) is 11.5 Å². The minimum absolute atomic E-state index is 0.0304. The molecule has 172 valence electrons. The van der Waals surface area contributed by atoms with Gasteiger partial charge < -0.3 is 19.7 Å². The van der Waals surface area contributed by atoms with Crippen LogP contribution in [0.15, 0.2) is 0 Å². The number of aromatic hydroxyl groups is 1. The molecule has 0 aromatic heterocycles. The summed E-state index contributed by atoms with van der Waals surface area (Å²) in [5.74, 6) is 0.320. The zero-order valence-corrected chi connectivity index (χ0v) is 19.5. The summed E-state index contributed by atoms with van der Waals surface area (Å²) in [5.41, 5.74) is 2.91. The maximum Gasteiger partial charge on any atom is 0.511 e. The van der Waals surface area contributed by atoms with E-state index in [4.69, 9.17) is 9.47 Å². The van der Waals surface area contributed by atoms with E-state index < -0.39 is 6.16 Å². The van der Waals surface area contributed by atoms with E-state index in [1.54, 1.807) is 0 Å². The molecular formula is C25H42O5. The van der Waals surface area contributed by atoms with Crippen molar-refractivity contribution in [2.45, 2.75) is 111 Å². The first-order chi connectivity index (χ1) is 14.5. The van der Waals surface area contributed by atoms with Gasteiger partial charge in [-0.1, -0.05) is 85.5 Å². The molecule has 0 bridgehead atoms. The van der Waals surface area contributed by atoms with Crippen molar-refractivity contribution in [2.75, 3.05) is 6.61 Å². The van der Waals surface area contributed by atoms with Crippen LogP contribution in [0.3, 0.4) is 0 Å². The number of benzene rings is 1. The van der Waals surface area contributed by atoms with E-state index >= 15 is 0 Å². The Hall–Kier alpha value is -1.91. The molecule has 0 saturated heterocycles. The molecule has 0 spiro atoms. The zero-order chi connectivity index (χ0) is 22.4. The maximum atomic E-state index is 11.3. The lowest BCUT2D eigenvalue weighted by Gasteiger charge is -2.23. The van der Waals surface area contributed by atoms with E-state index in [0.717, 1.165) is 61.6 Å². The number of ether oxygens (including phenoxy) is 2. The Kier molecular flexibility index (Phi) is 13.0. The SMILES string of the molecule is CCCCCCCCCOc1c(CCC)c(CCC)c(CCC)c(O)c1OC(=O)O. The summed E-state index contributed by atoms with van der Waals surface area (Å²) in [6, 6.07) is 0. The molecular weight excluding hydrogens is 380 g/mol. The quantitative estimate of drug-likeness (QED) is 0.164. The Morgan fingerprint density at radius 1 is 0.700 bits per heavy atom. The Bertz CT molecular complexity index is 639. The highest BCUT2D eigenvalue weighted by atomic mass is 16.7. The van der Waals surface area contributed by atoms with E-state index in [0.29, 0.717) is 18.8 Å². The largest absolute Gasteiger partial charge is 0.511 e. The summed E-state index contributed by atoms with van der Waals surface area (Å²) in [6.07, 6.45) is 11.8. The van der Waals surface area contributed by atoms with E-state index in [1.807, 2.05) is 0 Å². The first kappa shape index (κ1) is 26.1. The van der Waals surface area contributed by atoms with E-state index in [2.05, 4.69) is 27.7 Å². The van der Waals surface area contributed by atoms with Crippen LogP contribution in [0.4, 0.5) is 4.79 Å². The minimum atomic E-state index is -1.43. The second-order valence-electron chi connectivity index (χ2n) is 8.03. The molecule has 0 unspecified atom stereocenters. The van der Waals surface area contributed by atoms with Crippen LogP contribution in [0, 0.1) is 0 Å². The molecule has 0 aliphatic carbocycles. The van der Waals surface area contributed by atoms with Gasteiger partial charge in [0.1, 0.15) is 0 Å². The Balaban J connectivity index is 3.13. The molecule has 0 atom stereocenters. The van der Waals surface area contributed by atoms with Crippen molar-refractivity contribution in [2.24, 2.45) is 0 Å². The lowest BCUT2D eigenvalue weighted by molar-refractivity contribution is 0.140. The second-order valence-corrected chi connectivity index (χ2v) is 8.03. The maximum absolute atomic E-state index is 11.3. The molecule has 0 radical (unpaired) electrons. The lowest BCUT2D eigenvalue weighted by atomic mass is 9.90. The van der Waals surface area contributed by atoms with Gasteiger partial charge in [0.25, 0.3) is 0 Å². The van der Waals surface area contributed by atoms with Gasteiger partial charge >= 0.3 is 6.16 Å². The Morgan fingerprint density at radius 2 is 1.23 bits per heavy atom. The summed E-state index contributed by atoms with van der Waals surface area (Å²) in [6.45, 7) is 8.98. The standard InChI is InChI=1S/C25H42O5/c1-5-9-10-11-12-13-14-18-29-23-21(17-8-4)19(15-6-2)20(16-7-3)22(26)24(23)30-25(27)28/h26H,5-18H2,1-4H3,(H,27,28).